The number of hydroxylamine groups is 1. The van der Waals surface area contributed by atoms with E-state index in [0.717, 1.165) is 10.9 Å². The molecular formula is C20H20N2O4S. The molecule has 1 amide bonds. The van der Waals surface area contributed by atoms with Gasteiger partial charge in [-0.05, 0) is 36.8 Å². The second-order valence-corrected chi connectivity index (χ2v) is 6.24. The first-order valence-electron chi connectivity index (χ1n) is 8.60. The van der Waals surface area contributed by atoms with Gasteiger partial charge in [0, 0.05) is 16.5 Å². The summed E-state index contributed by atoms with van der Waals surface area (Å²) in [4.78, 5) is 12.7. The Morgan fingerprint density at radius 3 is 2.63 bits per heavy atom. The lowest BCUT2D eigenvalue weighted by molar-refractivity contribution is 0.0920. The second kappa shape index (κ2) is 8.66. The summed E-state index contributed by atoms with van der Waals surface area (Å²) < 4.78 is 11.3. The highest BCUT2D eigenvalue weighted by molar-refractivity contribution is 7.80. The van der Waals surface area contributed by atoms with Crippen LogP contribution in [0.5, 0.6) is 5.75 Å². The Hall–Kier alpha value is -2.90. The number of amides is 1. The number of hydrogen-bond donors (Lipinski definition) is 3. The summed E-state index contributed by atoms with van der Waals surface area (Å²) in [5.74, 6) is 0.751. The van der Waals surface area contributed by atoms with E-state index in [1.807, 2.05) is 36.7 Å². The van der Waals surface area contributed by atoms with Gasteiger partial charge in [-0.25, -0.2) is 0 Å². The van der Waals surface area contributed by atoms with Crippen LogP contribution in [0.4, 0.5) is 0 Å². The van der Waals surface area contributed by atoms with Crippen molar-refractivity contribution in [2.45, 2.75) is 13.3 Å². The first-order chi connectivity index (χ1) is 13.1. The third-order valence-corrected chi connectivity index (χ3v) is 4.46. The van der Waals surface area contributed by atoms with Gasteiger partial charge in [0.2, 0.25) is 0 Å². The van der Waals surface area contributed by atoms with E-state index in [9.17, 15) is 4.79 Å². The Balaban J connectivity index is 1.55. The van der Waals surface area contributed by atoms with Gasteiger partial charge in [-0.15, -0.1) is 0 Å². The van der Waals surface area contributed by atoms with E-state index in [1.165, 1.54) is 0 Å². The number of carbonyl (C=O) groups is 1. The number of rotatable bonds is 7. The first kappa shape index (κ1) is 18.9. The fourth-order valence-corrected chi connectivity index (χ4v) is 2.95. The van der Waals surface area contributed by atoms with E-state index in [-0.39, 0.29) is 10.9 Å². The summed E-state index contributed by atoms with van der Waals surface area (Å²) in [6.07, 6.45) is 0.715. The number of aryl methyl sites for hydroxylation is 1. The quantitative estimate of drug-likeness (QED) is 0.329. The molecule has 0 atom stereocenters. The van der Waals surface area contributed by atoms with Crippen LogP contribution in [0.1, 0.15) is 28.6 Å². The minimum absolute atomic E-state index is 0.242. The van der Waals surface area contributed by atoms with Gasteiger partial charge in [-0.2, -0.15) is 0 Å². The highest BCUT2D eigenvalue weighted by atomic mass is 32.1. The molecule has 0 saturated carbocycles. The molecule has 0 aliphatic heterocycles. The van der Waals surface area contributed by atoms with Crippen molar-refractivity contribution in [2.75, 3.05) is 13.2 Å². The molecular weight excluding hydrogens is 364 g/mol. The molecule has 7 heteroatoms. The maximum atomic E-state index is 12.5. The summed E-state index contributed by atoms with van der Waals surface area (Å²) in [5, 5.41) is 12.6. The average Bonchev–Trinajstić information content (AvgIpc) is 3.09. The number of ether oxygens (including phenoxy) is 1. The number of para-hydroxylation sites is 1. The van der Waals surface area contributed by atoms with Crippen molar-refractivity contribution in [3.63, 3.8) is 0 Å². The summed E-state index contributed by atoms with van der Waals surface area (Å²) in [6, 6.07) is 14.6. The van der Waals surface area contributed by atoms with Crippen LogP contribution in [0.15, 0.2) is 52.9 Å². The Labute approximate surface area is 162 Å². The number of thiocarbonyl (C=S) groups is 1. The molecule has 3 N–H and O–H groups in total. The molecule has 3 aromatic rings. The van der Waals surface area contributed by atoms with Gasteiger partial charge in [0.05, 0.1) is 6.54 Å². The monoisotopic (exact) mass is 384 g/mol. The zero-order chi connectivity index (χ0) is 19.2. The van der Waals surface area contributed by atoms with Gasteiger partial charge in [0.15, 0.2) is 5.76 Å². The van der Waals surface area contributed by atoms with Crippen molar-refractivity contribution in [3.8, 4) is 5.75 Å². The molecule has 0 spiro atoms. The van der Waals surface area contributed by atoms with Crippen molar-refractivity contribution in [1.29, 1.82) is 0 Å². The minimum atomic E-state index is -0.249. The predicted molar refractivity (Wildman–Crippen MR) is 106 cm³/mol. The number of furan rings is 1. The van der Waals surface area contributed by atoms with Crippen molar-refractivity contribution in [1.82, 2.24) is 10.8 Å². The van der Waals surface area contributed by atoms with Crippen LogP contribution in [0.25, 0.3) is 11.0 Å². The first-order valence-corrected chi connectivity index (χ1v) is 9.00. The highest BCUT2D eigenvalue weighted by Gasteiger charge is 2.18. The molecule has 0 radical (unpaired) electrons. The van der Waals surface area contributed by atoms with E-state index in [2.05, 4.69) is 5.32 Å². The lowest BCUT2D eigenvalue weighted by Gasteiger charge is -2.08. The van der Waals surface area contributed by atoms with E-state index >= 15 is 0 Å². The van der Waals surface area contributed by atoms with Gasteiger partial charge in [0.25, 0.3) is 5.91 Å². The largest absolute Gasteiger partial charge is 0.492 e. The lowest BCUT2D eigenvalue weighted by atomic mass is 10.1. The zero-order valence-corrected chi connectivity index (χ0v) is 15.6. The predicted octanol–water partition coefficient (Wildman–Crippen LogP) is 3.46. The van der Waals surface area contributed by atoms with E-state index in [1.54, 1.807) is 24.3 Å². The Kier molecular flexibility index (Phi) is 6.05. The van der Waals surface area contributed by atoms with Crippen LogP contribution in [0.2, 0.25) is 0 Å². The summed E-state index contributed by atoms with van der Waals surface area (Å²) in [5.41, 5.74) is 4.24. The topological polar surface area (TPSA) is 83.7 Å². The fraction of sp³-hybridized carbons (Fsp3) is 0.200. The van der Waals surface area contributed by atoms with E-state index in [0.29, 0.717) is 42.2 Å². The molecule has 1 heterocycles. The van der Waals surface area contributed by atoms with Gasteiger partial charge in [0.1, 0.15) is 22.9 Å². The minimum Gasteiger partial charge on any atom is -0.492 e. The standard InChI is InChI=1S/C20H20N2O4S/c1-2-15-16-5-3-4-6-17(16)26-18(15)19(23)21-11-12-25-14-9-7-13(8-10-14)20(27)22-24/h3-10,24H,2,11-12H2,1H3,(H,21,23)(H,22,27). The maximum absolute atomic E-state index is 12.5. The molecule has 140 valence electrons. The summed E-state index contributed by atoms with van der Waals surface area (Å²) >= 11 is 4.93. The van der Waals surface area contributed by atoms with Crippen molar-refractivity contribution < 1.29 is 19.2 Å². The Morgan fingerprint density at radius 1 is 1.19 bits per heavy atom. The molecule has 0 aliphatic carbocycles. The SMILES string of the molecule is CCc1c(C(=O)NCCOc2ccc(C(=S)NO)cc2)oc2ccccc12. The lowest BCUT2D eigenvalue weighted by Crippen LogP contribution is -2.28. The third kappa shape index (κ3) is 4.27. The van der Waals surface area contributed by atoms with Gasteiger partial charge in [-0.3, -0.25) is 15.5 Å². The number of hydrogen-bond acceptors (Lipinski definition) is 5. The number of fused-ring (bicyclic) bond motifs is 1. The van der Waals surface area contributed by atoms with E-state index in [4.69, 9.17) is 26.6 Å². The highest BCUT2D eigenvalue weighted by Crippen LogP contribution is 2.26. The molecule has 0 unspecified atom stereocenters. The van der Waals surface area contributed by atoms with Crippen LogP contribution >= 0.6 is 12.2 Å². The van der Waals surface area contributed by atoms with Crippen LogP contribution < -0.4 is 15.5 Å². The van der Waals surface area contributed by atoms with Gasteiger partial charge in [-0.1, -0.05) is 37.3 Å². The van der Waals surface area contributed by atoms with Crippen molar-refractivity contribution in [2.24, 2.45) is 0 Å². The van der Waals surface area contributed by atoms with Crippen LogP contribution in [-0.4, -0.2) is 29.3 Å². The molecule has 0 bridgehead atoms. The summed E-state index contributed by atoms with van der Waals surface area (Å²) in [7, 11) is 0. The van der Waals surface area contributed by atoms with Gasteiger partial charge >= 0.3 is 0 Å². The number of nitrogens with one attached hydrogen (secondary N) is 2. The average molecular weight is 384 g/mol. The maximum Gasteiger partial charge on any atom is 0.287 e. The zero-order valence-electron chi connectivity index (χ0n) is 14.8. The second-order valence-electron chi connectivity index (χ2n) is 5.83. The molecule has 0 fully saturated rings. The Morgan fingerprint density at radius 2 is 1.93 bits per heavy atom. The van der Waals surface area contributed by atoms with Gasteiger partial charge < -0.3 is 14.5 Å². The third-order valence-electron chi connectivity index (χ3n) is 4.13. The molecule has 0 saturated heterocycles. The molecule has 3 rings (SSSR count). The van der Waals surface area contributed by atoms with Crippen molar-refractivity contribution in [3.05, 3.63) is 65.4 Å². The molecule has 1 aromatic heterocycles. The molecule has 6 nitrogen and oxygen atoms in total. The van der Waals surface area contributed by atoms with Crippen LogP contribution in [0.3, 0.4) is 0 Å². The Bertz CT molecular complexity index is 950. The van der Waals surface area contributed by atoms with Crippen molar-refractivity contribution >= 4 is 34.1 Å². The number of benzene rings is 2. The van der Waals surface area contributed by atoms with E-state index < -0.39 is 0 Å². The smallest absolute Gasteiger partial charge is 0.287 e. The summed E-state index contributed by atoms with van der Waals surface area (Å²) in [6.45, 7) is 2.66. The van der Waals surface area contributed by atoms with Crippen LogP contribution in [-0.2, 0) is 6.42 Å². The normalized spacial score (nSPS) is 10.6. The molecule has 2 aromatic carbocycles. The molecule has 0 aliphatic rings. The van der Waals surface area contributed by atoms with Crippen LogP contribution in [0, 0.1) is 0 Å². The fourth-order valence-electron chi connectivity index (χ4n) is 2.81. The number of carbonyl (C=O) groups excluding carboxylic acids is 1. The molecule has 27 heavy (non-hydrogen) atoms.